The van der Waals surface area contributed by atoms with Crippen LogP contribution in [0.25, 0.3) is 0 Å². The third kappa shape index (κ3) is 1.65. The minimum absolute atomic E-state index is 0.787. The largest absolute Gasteiger partial charge is 0.271 e. The zero-order chi connectivity index (χ0) is 8.55. The molecule has 0 N–H and O–H groups in total. The molecule has 12 heavy (non-hydrogen) atoms. The summed E-state index contributed by atoms with van der Waals surface area (Å²) in [6.07, 6.45) is 6.03. The summed E-state index contributed by atoms with van der Waals surface area (Å²) in [6.45, 7) is 3.24. The van der Waals surface area contributed by atoms with Gasteiger partial charge in [-0.15, -0.1) is 0 Å². The van der Waals surface area contributed by atoms with Crippen LogP contribution in [0.1, 0.15) is 37.8 Å². The molecule has 66 valence electrons. The van der Waals surface area contributed by atoms with Crippen LogP contribution in [-0.4, -0.2) is 9.78 Å². The second-order valence-corrected chi connectivity index (χ2v) is 4.56. The minimum atomic E-state index is 0.787. The summed E-state index contributed by atoms with van der Waals surface area (Å²) < 4.78 is 3.43. The number of hydrogen-bond donors (Lipinski definition) is 0. The maximum Gasteiger partial charge on any atom is 0.0788 e. The Balaban J connectivity index is 2.18. The highest BCUT2D eigenvalue weighted by Gasteiger charge is 2.28. The second-order valence-electron chi connectivity index (χ2n) is 3.40. The van der Waals surface area contributed by atoms with Crippen LogP contribution in [0.2, 0.25) is 0 Å². The zero-order valence-corrected chi connectivity index (χ0v) is 9.41. The lowest BCUT2D eigenvalue weighted by molar-refractivity contribution is 0.594. The molecule has 0 bridgehead atoms. The van der Waals surface area contributed by atoms with Gasteiger partial charge in [0.25, 0.3) is 0 Å². The molecule has 0 amide bonds. The van der Waals surface area contributed by atoms with E-state index in [1.807, 2.05) is 0 Å². The van der Waals surface area contributed by atoms with Crippen LogP contribution in [0, 0.1) is 3.57 Å². The smallest absolute Gasteiger partial charge is 0.0788 e. The highest BCUT2D eigenvalue weighted by molar-refractivity contribution is 14.1. The van der Waals surface area contributed by atoms with Crippen LogP contribution >= 0.6 is 22.6 Å². The number of nitrogens with zero attached hydrogens (tertiary/aromatic N) is 2. The van der Waals surface area contributed by atoms with Gasteiger partial charge in [0.2, 0.25) is 0 Å². The third-order valence-corrected chi connectivity index (χ3v) is 2.99. The van der Waals surface area contributed by atoms with Gasteiger partial charge in [0.05, 0.1) is 9.26 Å². The summed E-state index contributed by atoms with van der Waals surface area (Å²) >= 11 is 2.39. The highest BCUT2D eigenvalue weighted by Crippen LogP contribution is 2.40. The van der Waals surface area contributed by atoms with E-state index >= 15 is 0 Å². The minimum Gasteiger partial charge on any atom is -0.271 e. The number of rotatable bonds is 3. The SMILES string of the molecule is CCCn1cc(I)c(C2CC2)n1. The highest BCUT2D eigenvalue weighted by atomic mass is 127. The molecule has 0 unspecified atom stereocenters. The van der Waals surface area contributed by atoms with Gasteiger partial charge in [-0.05, 0) is 41.9 Å². The monoisotopic (exact) mass is 276 g/mol. The van der Waals surface area contributed by atoms with Gasteiger partial charge in [0.1, 0.15) is 0 Å². The lowest BCUT2D eigenvalue weighted by Gasteiger charge is -1.94. The normalized spacial score (nSPS) is 16.8. The van der Waals surface area contributed by atoms with E-state index in [-0.39, 0.29) is 0 Å². The van der Waals surface area contributed by atoms with Crippen molar-refractivity contribution in [1.82, 2.24) is 9.78 Å². The van der Waals surface area contributed by atoms with Crippen molar-refractivity contribution < 1.29 is 0 Å². The fourth-order valence-corrected chi connectivity index (χ4v) is 2.26. The summed E-state index contributed by atoms with van der Waals surface area (Å²) in [6, 6.07) is 0. The molecule has 0 saturated heterocycles. The molecule has 1 aromatic heterocycles. The fraction of sp³-hybridized carbons (Fsp3) is 0.667. The lowest BCUT2D eigenvalue weighted by Crippen LogP contribution is -1.97. The molecule has 0 radical (unpaired) electrons. The third-order valence-electron chi connectivity index (χ3n) is 2.16. The zero-order valence-electron chi connectivity index (χ0n) is 7.26. The van der Waals surface area contributed by atoms with Gasteiger partial charge in [-0.3, -0.25) is 4.68 Å². The number of aromatic nitrogens is 2. The summed E-state index contributed by atoms with van der Waals surface area (Å²) in [5, 5.41) is 4.57. The molecular formula is C9H13IN2. The predicted molar refractivity (Wildman–Crippen MR) is 57.2 cm³/mol. The van der Waals surface area contributed by atoms with Crippen LogP contribution in [0.3, 0.4) is 0 Å². The summed E-state index contributed by atoms with van der Waals surface area (Å²) in [4.78, 5) is 0. The molecule has 0 spiro atoms. The van der Waals surface area contributed by atoms with Gasteiger partial charge in [-0.2, -0.15) is 5.10 Å². The molecule has 1 heterocycles. The van der Waals surface area contributed by atoms with E-state index in [9.17, 15) is 0 Å². The number of halogens is 1. The van der Waals surface area contributed by atoms with Crippen LogP contribution in [-0.2, 0) is 6.54 Å². The van der Waals surface area contributed by atoms with Gasteiger partial charge in [0, 0.05) is 18.7 Å². The molecule has 1 fully saturated rings. The van der Waals surface area contributed by atoms with Crippen molar-refractivity contribution in [1.29, 1.82) is 0 Å². The summed E-state index contributed by atoms with van der Waals surface area (Å²) in [7, 11) is 0. The van der Waals surface area contributed by atoms with Crippen LogP contribution in [0.5, 0.6) is 0 Å². The molecule has 3 heteroatoms. The Hall–Kier alpha value is -0.0600. The van der Waals surface area contributed by atoms with E-state index < -0.39 is 0 Å². The molecule has 0 aromatic carbocycles. The van der Waals surface area contributed by atoms with E-state index in [0.717, 1.165) is 12.5 Å². The molecule has 1 aliphatic rings. The topological polar surface area (TPSA) is 17.8 Å². The Morgan fingerprint density at radius 3 is 3.00 bits per heavy atom. The van der Waals surface area contributed by atoms with Gasteiger partial charge in [-0.25, -0.2) is 0 Å². The van der Waals surface area contributed by atoms with Crippen molar-refractivity contribution in [2.24, 2.45) is 0 Å². The number of hydrogen-bond acceptors (Lipinski definition) is 1. The lowest BCUT2D eigenvalue weighted by atomic mass is 10.3. The Bertz CT molecular complexity index is 276. The van der Waals surface area contributed by atoms with E-state index in [4.69, 9.17) is 0 Å². The van der Waals surface area contributed by atoms with Crippen LogP contribution in [0.15, 0.2) is 6.20 Å². The Morgan fingerprint density at radius 2 is 2.42 bits per heavy atom. The molecule has 0 atom stereocenters. The van der Waals surface area contributed by atoms with Crippen molar-refractivity contribution in [2.75, 3.05) is 0 Å². The maximum atomic E-state index is 4.57. The quantitative estimate of drug-likeness (QED) is 0.776. The van der Waals surface area contributed by atoms with Crippen LogP contribution < -0.4 is 0 Å². The van der Waals surface area contributed by atoms with Crippen molar-refractivity contribution in [3.8, 4) is 0 Å². The molecule has 1 aromatic rings. The van der Waals surface area contributed by atoms with Gasteiger partial charge < -0.3 is 0 Å². The molecule has 0 aliphatic heterocycles. The average Bonchev–Trinajstić information content (AvgIpc) is 2.79. The number of aryl methyl sites for hydroxylation is 1. The fourth-order valence-electron chi connectivity index (χ4n) is 1.39. The van der Waals surface area contributed by atoms with Gasteiger partial charge in [0.15, 0.2) is 0 Å². The van der Waals surface area contributed by atoms with Gasteiger partial charge in [-0.1, -0.05) is 6.92 Å². The standard InChI is InChI=1S/C9H13IN2/c1-2-5-12-6-8(10)9(11-12)7-3-4-7/h6-7H,2-5H2,1H3. The first-order chi connectivity index (χ1) is 5.81. The van der Waals surface area contributed by atoms with Crippen LogP contribution in [0.4, 0.5) is 0 Å². The first-order valence-electron chi connectivity index (χ1n) is 4.54. The molecule has 1 aliphatic carbocycles. The summed E-state index contributed by atoms with van der Waals surface area (Å²) in [5.41, 5.74) is 1.34. The van der Waals surface area contributed by atoms with E-state index in [1.165, 1.54) is 28.5 Å². The van der Waals surface area contributed by atoms with Gasteiger partial charge >= 0.3 is 0 Å². The maximum absolute atomic E-state index is 4.57. The second kappa shape index (κ2) is 3.36. The van der Waals surface area contributed by atoms with Crippen molar-refractivity contribution in [3.63, 3.8) is 0 Å². The molecule has 2 rings (SSSR count). The van der Waals surface area contributed by atoms with E-state index in [1.54, 1.807) is 0 Å². The van der Waals surface area contributed by atoms with E-state index in [2.05, 4.69) is 45.5 Å². The Labute approximate surface area is 86.5 Å². The first kappa shape index (κ1) is 8.53. The Kier molecular flexibility index (Phi) is 2.39. The first-order valence-corrected chi connectivity index (χ1v) is 5.62. The summed E-state index contributed by atoms with van der Waals surface area (Å²) in [5.74, 6) is 0.787. The Morgan fingerprint density at radius 1 is 1.67 bits per heavy atom. The molecule has 1 saturated carbocycles. The van der Waals surface area contributed by atoms with E-state index in [0.29, 0.717) is 0 Å². The van der Waals surface area contributed by atoms with Crippen molar-refractivity contribution >= 4 is 22.6 Å². The van der Waals surface area contributed by atoms with Crippen molar-refractivity contribution in [3.05, 3.63) is 15.5 Å². The predicted octanol–water partition coefficient (Wildman–Crippen LogP) is 2.78. The average molecular weight is 276 g/mol. The molecule has 2 nitrogen and oxygen atoms in total. The van der Waals surface area contributed by atoms with Crippen molar-refractivity contribution in [2.45, 2.75) is 38.6 Å². The molecular weight excluding hydrogens is 263 g/mol.